The van der Waals surface area contributed by atoms with E-state index in [2.05, 4.69) is 233 Å². The summed E-state index contributed by atoms with van der Waals surface area (Å²) >= 11 is 0. The first-order chi connectivity index (χ1) is 45.0. The van der Waals surface area contributed by atoms with Crippen LogP contribution in [0.2, 0.25) is 246 Å². The number of unbranched alkanes of at least 4 members (excludes halogenated alkanes) is 2. The minimum atomic E-state index is -2.36. The summed E-state index contributed by atoms with van der Waals surface area (Å²) < 4.78 is 101. The number of hydrogen-bond acceptors (Lipinski definition) is 20. The fourth-order valence-corrected chi connectivity index (χ4v) is 84.9. The van der Waals surface area contributed by atoms with Crippen molar-refractivity contribution in [2.24, 2.45) is 11.5 Å². The van der Waals surface area contributed by atoms with Gasteiger partial charge in [0.15, 0.2) is 66.5 Å². The van der Waals surface area contributed by atoms with E-state index in [-0.39, 0.29) is 0 Å². The van der Waals surface area contributed by atoms with Crippen molar-refractivity contribution >= 4 is 135 Å². The maximum Gasteiger partial charge on any atom is 0.342 e. The first-order valence-corrected chi connectivity index (χ1v) is 85.0. The third-order valence-corrected chi connectivity index (χ3v) is 72.9. The number of nitrogens with one attached hydrogen (secondary N) is 2. The first-order valence-electron chi connectivity index (χ1n) is 37.8. The van der Waals surface area contributed by atoms with Crippen LogP contribution in [0, 0.1) is 0 Å². The molecule has 0 radical (unpaired) electrons. The van der Waals surface area contributed by atoms with Crippen LogP contribution in [-0.2, 0) is 68.3 Å². The van der Waals surface area contributed by atoms with Crippen LogP contribution in [0.1, 0.15) is 51.4 Å². The number of nitrogens with two attached hydrogens (primary N) is 2. The Morgan fingerprint density at radius 3 is 0.920 bits per heavy atom. The molecule has 36 heteroatoms. The number of rotatable bonds is 54. The molecule has 0 saturated carbocycles. The van der Waals surface area contributed by atoms with Gasteiger partial charge in [-0.1, -0.05) is 24.2 Å². The molecule has 2 heterocycles. The van der Waals surface area contributed by atoms with Crippen molar-refractivity contribution in [3.05, 3.63) is 24.6 Å². The van der Waals surface area contributed by atoms with Gasteiger partial charge in [0.25, 0.3) is 0 Å². The minimum absolute atomic E-state index is 0.317. The van der Waals surface area contributed by atoms with Gasteiger partial charge in [-0.2, -0.15) is 0 Å². The third-order valence-electron chi connectivity index (χ3n) is 14.8. The summed E-state index contributed by atoms with van der Waals surface area (Å²) in [4.78, 5) is 0. The molecule has 6 atom stereocenters. The van der Waals surface area contributed by atoms with Gasteiger partial charge >= 0.3 is 68.5 Å². The van der Waals surface area contributed by atoms with Crippen molar-refractivity contribution < 1.29 is 68.3 Å². The lowest BCUT2D eigenvalue weighted by Crippen LogP contribution is -2.57. The minimum Gasteiger partial charge on any atom is -0.437 e. The maximum absolute atomic E-state index is 6.82. The second kappa shape index (κ2) is 46.2. The van der Waals surface area contributed by atoms with Crippen LogP contribution in [-0.4, -0.2) is 227 Å². The fourth-order valence-electron chi connectivity index (χ4n) is 12.4. The lowest BCUT2D eigenvalue weighted by atomic mass is 10.3. The van der Waals surface area contributed by atoms with Gasteiger partial charge in [-0.05, 0) is 325 Å². The largest absolute Gasteiger partial charge is 0.437 e. The zero-order valence-electron chi connectivity index (χ0n) is 71.4. The first kappa shape index (κ1) is 104. The molecule has 6 N–H and O–H groups in total. The van der Waals surface area contributed by atoms with Gasteiger partial charge in [-0.25, -0.2) is 0 Å². The van der Waals surface area contributed by atoms with Crippen molar-refractivity contribution in [3.63, 3.8) is 0 Å². The summed E-state index contributed by atoms with van der Waals surface area (Å²) in [6.07, 6.45) is 9.38. The molecule has 20 nitrogen and oxygen atoms in total. The van der Waals surface area contributed by atoms with Gasteiger partial charge < -0.3 is 90.4 Å². The van der Waals surface area contributed by atoms with E-state index in [0.717, 1.165) is 115 Å². The van der Waals surface area contributed by atoms with Gasteiger partial charge in [-0.3, -0.25) is 0 Å². The monoisotopic (exact) mass is 1690 g/mol. The molecule has 2 aliphatic heterocycles. The molecule has 600 valence electrons. The Labute approximate surface area is 634 Å². The highest BCUT2D eigenvalue weighted by atomic mass is 28.5. The van der Waals surface area contributed by atoms with E-state index in [0.29, 0.717) is 25.4 Å². The van der Waals surface area contributed by atoms with Gasteiger partial charge in [0.2, 0.25) is 0 Å². The standard InChI is InChI=1S/C20H46O7Si4.C18H48N2O3Si4.C14H40N2O3Si4.C12H30O3Si4/c1-28(2,3)25-31(8,14-10-12-22-16-20-18-24-20)27-30(6,7)26-29(4,5)13-9-11-21-15-19-17-23-19;1-19-15-11-13-17-25(6,7)22-26(8,9)23-27(10,21-24(3,4)5)18-14-12-16-20-2;1-20(2,3)17-23(8,14-10-12-16)19-22(6,7)18-21(4,5)13-9-11-15;1-11-17(6,7)14-18(8,9)15-19(10,12-2)13-16(3,4)5/h19-20H,9-18H2,1-8H3;19-20H,11-18H2,1-10H3;9-16H2,1-8H3;11-12H,1-2H2,3-10H3. The second-order valence-corrected chi connectivity index (χ2v) is 100. The molecule has 6 unspecified atom stereocenters. The maximum atomic E-state index is 6.82. The van der Waals surface area contributed by atoms with Crippen LogP contribution in [0.15, 0.2) is 24.6 Å². The Hall–Kier alpha value is 2.15. The summed E-state index contributed by atoms with van der Waals surface area (Å²) in [5, 5.41) is 6.47. The van der Waals surface area contributed by atoms with Crippen LogP contribution < -0.4 is 22.1 Å². The fraction of sp³-hybridized carbons (Fsp3) is 0.938. The summed E-state index contributed by atoms with van der Waals surface area (Å²) in [5.74, 6) is 0. The van der Waals surface area contributed by atoms with Gasteiger partial charge in [0.1, 0.15) is 12.2 Å². The smallest absolute Gasteiger partial charge is 0.342 e. The summed E-state index contributed by atoms with van der Waals surface area (Å²) in [5.41, 5.74) is 15.2. The van der Waals surface area contributed by atoms with Crippen LogP contribution in [0.5, 0.6) is 0 Å². The summed E-state index contributed by atoms with van der Waals surface area (Å²) in [7, 11) is -28.0. The van der Waals surface area contributed by atoms with Gasteiger partial charge in [0, 0.05) is 13.2 Å². The van der Waals surface area contributed by atoms with Crippen molar-refractivity contribution in [3.8, 4) is 0 Å². The highest BCUT2D eigenvalue weighted by Crippen LogP contribution is 2.34. The van der Waals surface area contributed by atoms with E-state index >= 15 is 0 Å². The zero-order valence-corrected chi connectivity index (χ0v) is 87.4. The SMILES string of the molecule is C=C[Si](C)(C)O[Si](C)(C)O[Si](C)(C=C)O[Si](C)(C)C.CNCCCC[Si](C)(C)O[Si](C)(C)O[Si](C)(CCCCNC)O[Si](C)(C)C.C[Si](C)(C)O[Si](C)(CCCN)O[Si](C)(C)O[Si](C)(C)CCCN.C[Si](C)(C)O[Si](C)(CCCOCC1CO1)O[Si](C)(C)O[Si](C)(C)CCCOCC1CO1. The van der Waals surface area contributed by atoms with Crippen LogP contribution in [0.3, 0.4) is 0 Å². The predicted molar refractivity (Wildman–Crippen MR) is 466 cm³/mol. The van der Waals surface area contributed by atoms with E-state index in [1.54, 1.807) is 0 Å². The van der Waals surface area contributed by atoms with Crippen molar-refractivity contribution in [1.29, 1.82) is 0 Å². The molecule has 0 aromatic rings. The van der Waals surface area contributed by atoms with E-state index in [9.17, 15) is 0 Å². The van der Waals surface area contributed by atoms with E-state index in [1.165, 1.54) is 25.3 Å². The summed E-state index contributed by atoms with van der Waals surface area (Å²) in [6, 6.07) is 6.29. The molecule has 0 bridgehead atoms. The van der Waals surface area contributed by atoms with E-state index in [1.807, 2.05) is 25.5 Å². The Balaban J connectivity index is 0. The molecular weight excluding hydrogens is 1530 g/mol. The topological polar surface area (TPSA) is 230 Å². The van der Waals surface area contributed by atoms with Crippen molar-refractivity contribution in [2.75, 3.05) is 79.9 Å². The molecule has 0 aromatic heterocycles. The Morgan fingerprint density at radius 1 is 0.340 bits per heavy atom. The number of hydrogen-bond donors (Lipinski definition) is 4. The average Bonchev–Trinajstić information content (AvgIpc) is 1.59. The zero-order chi connectivity index (χ0) is 78.3. The molecule has 0 spiro atoms. The van der Waals surface area contributed by atoms with Gasteiger partial charge in [0.05, 0.1) is 26.4 Å². The number of ether oxygens (including phenoxy) is 4. The molecule has 2 saturated heterocycles. The number of epoxide rings is 2. The molecule has 2 aliphatic rings. The van der Waals surface area contributed by atoms with Gasteiger partial charge in [-0.15, -0.1) is 13.2 Å². The summed E-state index contributed by atoms with van der Waals surface area (Å²) in [6.45, 7) is 86.7. The van der Waals surface area contributed by atoms with Crippen molar-refractivity contribution in [2.45, 2.75) is 309 Å². The Bertz CT molecular complexity index is 2230. The molecular formula is C64H164N4O16Si16. The Kier molecular flexibility index (Phi) is 48.2. The quantitative estimate of drug-likeness (QED) is 0.0252. The van der Waals surface area contributed by atoms with Crippen LogP contribution in [0.4, 0.5) is 0 Å². The van der Waals surface area contributed by atoms with Crippen LogP contribution >= 0.6 is 0 Å². The van der Waals surface area contributed by atoms with E-state index in [4.69, 9.17) is 79.8 Å². The Morgan fingerprint density at radius 2 is 0.620 bits per heavy atom. The average molecular weight is 1700 g/mol. The highest BCUT2D eigenvalue weighted by molar-refractivity contribution is 6.94. The van der Waals surface area contributed by atoms with Crippen molar-refractivity contribution in [1.82, 2.24) is 10.6 Å². The van der Waals surface area contributed by atoms with Crippen LogP contribution in [0.25, 0.3) is 0 Å². The molecule has 0 aromatic carbocycles. The molecule has 0 amide bonds. The van der Waals surface area contributed by atoms with E-state index < -0.39 is 135 Å². The molecule has 2 rings (SSSR count). The lowest BCUT2D eigenvalue weighted by molar-refractivity contribution is 0.115. The molecule has 100 heavy (non-hydrogen) atoms. The molecule has 2 fully saturated rings. The lowest BCUT2D eigenvalue weighted by Gasteiger charge is -2.42. The third kappa shape index (κ3) is 60.0. The predicted octanol–water partition coefficient (Wildman–Crippen LogP) is 17.2. The highest BCUT2D eigenvalue weighted by Gasteiger charge is 2.49. The molecule has 0 aliphatic carbocycles. The normalized spacial score (nSPS) is 18.6. The second-order valence-electron chi connectivity index (χ2n) is 36.2.